The van der Waals surface area contributed by atoms with Crippen molar-refractivity contribution in [2.45, 2.75) is 0 Å². The Kier molecular flexibility index (Phi) is 2.38. The van der Waals surface area contributed by atoms with Crippen molar-refractivity contribution >= 4 is 27.7 Å². The van der Waals surface area contributed by atoms with Crippen LogP contribution >= 0.6 is 0 Å². The molecular weight excluding hydrogens is 228 g/mol. The van der Waals surface area contributed by atoms with Crippen molar-refractivity contribution in [1.29, 1.82) is 0 Å². The molecule has 3 aromatic rings. The van der Waals surface area contributed by atoms with Crippen LogP contribution in [0.1, 0.15) is 0 Å². The highest BCUT2D eigenvalue weighted by Crippen LogP contribution is 2.34. The molecule has 3 aromatic carbocycles. The molecule has 0 aliphatic rings. The van der Waals surface area contributed by atoms with Gasteiger partial charge < -0.3 is 9.84 Å². The van der Waals surface area contributed by atoms with Crippen LogP contribution in [0.25, 0.3) is 21.5 Å². The summed E-state index contributed by atoms with van der Waals surface area (Å²) in [7, 11) is 0. The van der Waals surface area contributed by atoms with E-state index in [4.69, 9.17) is 9.84 Å². The van der Waals surface area contributed by atoms with Crippen LogP contribution in [0, 0.1) is 0 Å². The summed E-state index contributed by atoms with van der Waals surface area (Å²) in [6.45, 7) is 0. The van der Waals surface area contributed by atoms with Crippen molar-refractivity contribution in [2.24, 2.45) is 0 Å². The zero-order valence-electron chi connectivity index (χ0n) is 9.46. The molecule has 0 spiro atoms. The van der Waals surface area contributed by atoms with Crippen molar-refractivity contribution in [3.8, 4) is 5.75 Å². The first-order chi connectivity index (χ1) is 8.75. The van der Waals surface area contributed by atoms with E-state index >= 15 is 0 Å². The molecule has 1 N–H and O–H groups in total. The summed E-state index contributed by atoms with van der Waals surface area (Å²) in [5, 5.41) is 12.4. The molecule has 0 heterocycles. The zero-order valence-corrected chi connectivity index (χ0v) is 9.46. The van der Waals surface area contributed by atoms with Gasteiger partial charge in [0.2, 0.25) is 0 Å². The lowest BCUT2D eigenvalue weighted by atomic mass is 10.0. The number of carboxylic acid groups (broad SMARTS) is 1. The predicted molar refractivity (Wildman–Crippen MR) is 70.1 cm³/mol. The SMILES string of the molecule is O=C(O)Oc1c2ccccc2cc2ccccc12. The van der Waals surface area contributed by atoms with Crippen molar-refractivity contribution in [1.82, 2.24) is 0 Å². The second kappa shape index (κ2) is 4.04. The highest BCUT2D eigenvalue weighted by molar-refractivity contribution is 6.06. The molecule has 0 aliphatic carbocycles. The standard InChI is InChI=1S/C15H10O3/c16-15(17)18-14-12-7-3-1-5-10(12)9-11-6-2-4-8-13(11)14/h1-9H,(H,16,17). The van der Waals surface area contributed by atoms with Crippen LogP contribution in [0.3, 0.4) is 0 Å². The van der Waals surface area contributed by atoms with Crippen LogP contribution in [-0.4, -0.2) is 11.3 Å². The first kappa shape index (κ1) is 10.6. The van der Waals surface area contributed by atoms with E-state index in [0.29, 0.717) is 5.75 Å². The minimum Gasteiger partial charge on any atom is -0.449 e. The van der Waals surface area contributed by atoms with E-state index in [9.17, 15) is 4.79 Å². The van der Waals surface area contributed by atoms with E-state index in [-0.39, 0.29) is 0 Å². The summed E-state index contributed by atoms with van der Waals surface area (Å²) in [6.07, 6.45) is -1.29. The molecule has 0 fully saturated rings. The van der Waals surface area contributed by atoms with Gasteiger partial charge in [-0.2, -0.15) is 0 Å². The second-order valence-corrected chi connectivity index (χ2v) is 4.02. The number of benzene rings is 3. The summed E-state index contributed by atoms with van der Waals surface area (Å²) in [5.41, 5.74) is 0. The van der Waals surface area contributed by atoms with Crippen molar-refractivity contribution in [2.75, 3.05) is 0 Å². The first-order valence-electron chi connectivity index (χ1n) is 5.57. The van der Waals surface area contributed by atoms with Crippen LogP contribution in [0.2, 0.25) is 0 Å². The average molecular weight is 238 g/mol. The lowest BCUT2D eigenvalue weighted by Crippen LogP contribution is -2.03. The fourth-order valence-corrected chi connectivity index (χ4v) is 2.17. The van der Waals surface area contributed by atoms with Gasteiger partial charge in [0, 0.05) is 10.8 Å². The van der Waals surface area contributed by atoms with Gasteiger partial charge >= 0.3 is 6.16 Å². The molecule has 3 nitrogen and oxygen atoms in total. The van der Waals surface area contributed by atoms with Gasteiger partial charge in [0.15, 0.2) is 0 Å². The molecule has 0 atom stereocenters. The van der Waals surface area contributed by atoms with Gasteiger partial charge in [-0.3, -0.25) is 0 Å². The van der Waals surface area contributed by atoms with E-state index in [0.717, 1.165) is 21.5 Å². The Bertz CT molecular complexity index is 693. The number of hydrogen-bond acceptors (Lipinski definition) is 2. The maximum absolute atomic E-state index is 10.8. The van der Waals surface area contributed by atoms with Crippen molar-refractivity contribution < 1.29 is 14.6 Å². The molecule has 3 rings (SSSR count). The molecule has 18 heavy (non-hydrogen) atoms. The Labute approximate surface area is 103 Å². The molecule has 88 valence electrons. The van der Waals surface area contributed by atoms with Crippen LogP contribution in [0.15, 0.2) is 54.6 Å². The summed E-state index contributed by atoms with van der Waals surface area (Å²) >= 11 is 0. The van der Waals surface area contributed by atoms with E-state index in [1.807, 2.05) is 54.6 Å². The topological polar surface area (TPSA) is 46.5 Å². The lowest BCUT2D eigenvalue weighted by molar-refractivity contribution is 0.145. The quantitative estimate of drug-likeness (QED) is 0.395. The number of fused-ring (bicyclic) bond motifs is 2. The Balaban J connectivity index is 2.45. The molecule has 0 amide bonds. The summed E-state index contributed by atoms with van der Waals surface area (Å²) in [6, 6.07) is 17.2. The highest BCUT2D eigenvalue weighted by atomic mass is 16.7. The summed E-state index contributed by atoms with van der Waals surface area (Å²) < 4.78 is 4.96. The van der Waals surface area contributed by atoms with E-state index in [1.54, 1.807) is 0 Å². The molecule has 0 radical (unpaired) electrons. The number of rotatable bonds is 1. The smallest absolute Gasteiger partial charge is 0.449 e. The molecule has 0 saturated heterocycles. The molecule has 0 aliphatic heterocycles. The largest absolute Gasteiger partial charge is 0.511 e. The van der Waals surface area contributed by atoms with Crippen LogP contribution in [-0.2, 0) is 0 Å². The third kappa shape index (κ3) is 1.66. The Morgan fingerprint density at radius 2 is 1.39 bits per heavy atom. The molecule has 3 heteroatoms. The van der Waals surface area contributed by atoms with Gasteiger partial charge in [-0.05, 0) is 16.8 Å². The molecule has 0 unspecified atom stereocenters. The normalized spacial score (nSPS) is 10.7. The monoisotopic (exact) mass is 238 g/mol. The molecule has 0 bridgehead atoms. The molecule has 0 aromatic heterocycles. The van der Waals surface area contributed by atoms with Gasteiger partial charge in [-0.25, -0.2) is 4.79 Å². The molecular formula is C15H10O3. The van der Waals surface area contributed by atoms with Gasteiger partial charge in [0.1, 0.15) is 5.75 Å². The van der Waals surface area contributed by atoms with E-state index in [1.165, 1.54) is 0 Å². The van der Waals surface area contributed by atoms with Crippen LogP contribution < -0.4 is 4.74 Å². The Hall–Kier alpha value is -2.55. The fourth-order valence-electron chi connectivity index (χ4n) is 2.17. The Morgan fingerprint density at radius 1 is 0.889 bits per heavy atom. The van der Waals surface area contributed by atoms with Crippen molar-refractivity contribution in [3.05, 3.63) is 54.6 Å². The highest BCUT2D eigenvalue weighted by Gasteiger charge is 2.11. The van der Waals surface area contributed by atoms with Gasteiger partial charge in [0.25, 0.3) is 0 Å². The van der Waals surface area contributed by atoms with Crippen LogP contribution in [0.5, 0.6) is 5.75 Å². The summed E-state index contributed by atoms with van der Waals surface area (Å²) in [5.74, 6) is 0.399. The molecule has 0 saturated carbocycles. The maximum Gasteiger partial charge on any atom is 0.511 e. The van der Waals surface area contributed by atoms with Gasteiger partial charge in [-0.1, -0.05) is 48.5 Å². The Morgan fingerprint density at radius 3 is 1.89 bits per heavy atom. The lowest BCUT2D eigenvalue weighted by Gasteiger charge is -2.09. The average Bonchev–Trinajstić information content (AvgIpc) is 2.38. The minimum atomic E-state index is -1.29. The predicted octanol–water partition coefficient (Wildman–Crippen LogP) is 4.05. The number of hydrogen-bond donors (Lipinski definition) is 1. The maximum atomic E-state index is 10.8. The van der Waals surface area contributed by atoms with E-state index < -0.39 is 6.16 Å². The third-order valence-electron chi connectivity index (χ3n) is 2.91. The first-order valence-corrected chi connectivity index (χ1v) is 5.57. The zero-order chi connectivity index (χ0) is 12.5. The second-order valence-electron chi connectivity index (χ2n) is 4.02. The van der Waals surface area contributed by atoms with Gasteiger partial charge in [0.05, 0.1) is 0 Å². The number of carbonyl (C=O) groups is 1. The van der Waals surface area contributed by atoms with Crippen molar-refractivity contribution in [3.63, 3.8) is 0 Å². The summed E-state index contributed by atoms with van der Waals surface area (Å²) in [4.78, 5) is 10.8. The minimum absolute atomic E-state index is 0.399. The van der Waals surface area contributed by atoms with Crippen LogP contribution in [0.4, 0.5) is 4.79 Å². The van der Waals surface area contributed by atoms with Gasteiger partial charge in [-0.15, -0.1) is 0 Å². The van der Waals surface area contributed by atoms with E-state index in [2.05, 4.69) is 0 Å². The fraction of sp³-hybridized carbons (Fsp3) is 0. The third-order valence-corrected chi connectivity index (χ3v) is 2.91. The number of ether oxygens (including phenoxy) is 1.